The van der Waals surface area contributed by atoms with Crippen LogP contribution in [0.1, 0.15) is 22.3 Å². The lowest BCUT2D eigenvalue weighted by atomic mass is 9.95. The molecule has 3 aromatic rings. The van der Waals surface area contributed by atoms with E-state index in [-0.39, 0.29) is 12.5 Å². The number of hydrogen-bond acceptors (Lipinski definition) is 5. The Kier molecular flexibility index (Phi) is 8.22. The minimum Gasteiger partial charge on any atom is -0.497 e. The standard InChI is InChI=1S/C25H26N2O5/c1-31-23-9-5-6-18(17-23)16-20(25(29)27-30)14-15-26-24(28)19-10-12-22(13-11-19)32-21-7-3-2-4-8-21/h2-13,17,20,30H,14-16H2,1H3,(H,26,28)(H,27,29). The SMILES string of the molecule is COc1cccc(CC(CCNC(=O)c2ccc(Oc3ccccc3)cc2)C(=O)NO)c1. The first-order valence-electron chi connectivity index (χ1n) is 10.3. The van der Waals surface area contributed by atoms with Crippen LogP contribution in [0.2, 0.25) is 0 Å². The third kappa shape index (κ3) is 6.58. The van der Waals surface area contributed by atoms with E-state index >= 15 is 0 Å². The van der Waals surface area contributed by atoms with Gasteiger partial charge in [0.15, 0.2) is 0 Å². The van der Waals surface area contributed by atoms with Gasteiger partial charge in [-0.25, -0.2) is 5.48 Å². The molecule has 0 spiro atoms. The van der Waals surface area contributed by atoms with Gasteiger partial charge in [-0.1, -0.05) is 30.3 Å². The van der Waals surface area contributed by atoms with E-state index in [9.17, 15) is 9.59 Å². The molecule has 3 N–H and O–H groups in total. The third-order valence-corrected chi connectivity index (χ3v) is 4.97. The number of benzene rings is 3. The average Bonchev–Trinajstić information content (AvgIpc) is 2.84. The van der Waals surface area contributed by atoms with Crippen LogP contribution in [-0.2, 0) is 11.2 Å². The van der Waals surface area contributed by atoms with Crippen molar-refractivity contribution in [3.8, 4) is 17.2 Å². The van der Waals surface area contributed by atoms with Crippen LogP contribution in [0.3, 0.4) is 0 Å². The zero-order valence-corrected chi connectivity index (χ0v) is 17.8. The van der Waals surface area contributed by atoms with E-state index < -0.39 is 11.8 Å². The molecule has 0 aliphatic carbocycles. The summed E-state index contributed by atoms with van der Waals surface area (Å²) in [5.74, 6) is 0.789. The van der Waals surface area contributed by atoms with Crippen molar-refractivity contribution in [2.75, 3.05) is 13.7 Å². The number of hydrogen-bond donors (Lipinski definition) is 3. The molecule has 3 aromatic carbocycles. The van der Waals surface area contributed by atoms with E-state index in [2.05, 4.69) is 5.32 Å². The molecule has 1 unspecified atom stereocenters. The maximum absolute atomic E-state index is 12.5. The van der Waals surface area contributed by atoms with E-state index in [1.54, 1.807) is 36.9 Å². The first-order valence-corrected chi connectivity index (χ1v) is 10.3. The second-order valence-electron chi connectivity index (χ2n) is 7.21. The van der Waals surface area contributed by atoms with Crippen LogP contribution in [0.5, 0.6) is 17.2 Å². The first kappa shape index (κ1) is 22.8. The van der Waals surface area contributed by atoms with Gasteiger partial charge < -0.3 is 14.8 Å². The Morgan fingerprint density at radius 2 is 1.59 bits per heavy atom. The van der Waals surface area contributed by atoms with Crippen molar-refractivity contribution in [1.29, 1.82) is 0 Å². The zero-order chi connectivity index (χ0) is 22.8. The molecule has 0 aliphatic heterocycles. The highest BCUT2D eigenvalue weighted by atomic mass is 16.5. The van der Waals surface area contributed by atoms with Gasteiger partial charge in [0.25, 0.3) is 5.91 Å². The molecule has 0 radical (unpaired) electrons. The van der Waals surface area contributed by atoms with Crippen molar-refractivity contribution in [2.24, 2.45) is 5.92 Å². The third-order valence-electron chi connectivity index (χ3n) is 4.97. The highest BCUT2D eigenvalue weighted by Gasteiger charge is 2.19. The zero-order valence-electron chi connectivity index (χ0n) is 17.8. The van der Waals surface area contributed by atoms with Crippen molar-refractivity contribution in [1.82, 2.24) is 10.8 Å². The van der Waals surface area contributed by atoms with Gasteiger partial charge in [-0.2, -0.15) is 0 Å². The lowest BCUT2D eigenvalue weighted by molar-refractivity contribution is -0.133. The summed E-state index contributed by atoms with van der Waals surface area (Å²) in [4.78, 5) is 24.5. The first-order chi connectivity index (χ1) is 15.6. The maximum Gasteiger partial charge on any atom is 0.251 e. The van der Waals surface area contributed by atoms with Crippen LogP contribution < -0.4 is 20.3 Å². The molecule has 2 amide bonds. The molecule has 0 aliphatic rings. The Morgan fingerprint density at radius 1 is 0.906 bits per heavy atom. The minimum atomic E-state index is -0.506. The van der Waals surface area contributed by atoms with Gasteiger partial charge in [0.2, 0.25) is 5.91 Å². The van der Waals surface area contributed by atoms with Gasteiger partial charge in [-0.15, -0.1) is 0 Å². The van der Waals surface area contributed by atoms with Crippen molar-refractivity contribution < 1.29 is 24.3 Å². The lowest BCUT2D eigenvalue weighted by Crippen LogP contribution is -2.33. The predicted molar refractivity (Wildman–Crippen MR) is 120 cm³/mol. The molecule has 32 heavy (non-hydrogen) atoms. The Morgan fingerprint density at radius 3 is 2.28 bits per heavy atom. The normalized spacial score (nSPS) is 11.3. The van der Waals surface area contributed by atoms with Crippen molar-refractivity contribution in [3.63, 3.8) is 0 Å². The van der Waals surface area contributed by atoms with E-state index in [0.29, 0.717) is 35.7 Å². The van der Waals surface area contributed by atoms with E-state index in [4.69, 9.17) is 14.7 Å². The summed E-state index contributed by atoms with van der Waals surface area (Å²) < 4.78 is 10.9. The fourth-order valence-electron chi connectivity index (χ4n) is 3.26. The fraction of sp³-hybridized carbons (Fsp3) is 0.200. The second-order valence-corrected chi connectivity index (χ2v) is 7.21. The molecule has 0 bridgehead atoms. The Bertz CT molecular complexity index is 1020. The number of nitrogens with one attached hydrogen (secondary N) is 2. The summed E-state index contributed by atoms with van der Waals surface area (Å²) in [5.41, 5.74) is 3.10. The molecule has 0 aromatic heterocycles. The van der Waals surface area contributed by atoms with Gasteiger partial charge in [0.05, 0.1) is 7.11 Å². The van der Waals surface area contributed by atoms with Gasteiger partial charge in [0, 0.05) is 18.0 Å². The Hall–Kier alpha value is -3.84. The number of methoxy groups -OCH3 is 1. The minimum absolute atomic E-state index is 0.249. The predicted octanol–water partition coefficient (Wildman–Crippen LogP) is 3.97. The number of amides is 2. The number of ether oxygens (including phenoxy) is 2. The Balaban J connectivity index is 1.53. The summed E-state index contributed by atoms with van der Waals surface area (Å²) in [5, 5.41) is 11.9. The molecular weight excluding hydrogens is 408 g/mol. The van der Waals surface area contributed by atoms with Gasteiger partial charge in [-0.05, 0) is 66.9 Å². The van der Waals surface area contributed by atoms with Crippen molar-refractivity contribution in [3.05, 3.63) is 90.0 Å². The quantitative estimate of drug-likeness (QED) is 0.331. The van der Waals surface area contributed by atoms with E-state index in [0.717, 1.165) is 5.56 Å². The van der Waals surface area contributed by atoms with Crippen LogP contribution in [-0.4, -0.2) is 30.7 Å². The summed E-state index contributed by atoms with van der Waals surface area (Å²) >= 11 is 0. The second kappa shape index (κ2) is 11.5. The number of carbonyl (C=O) groups excluding carboxylic acids is 2. The topological polar surface area (TPSA) is 96.9 Å². The molecule has 7 nitrogen and oxygen atoms in total. The van der Waals surface area contributed by atoms with Crippen molar-refractivity contribution in [2.45, 2.75) is 12.8 Å². The highest BCUT2D eigenvalue weighted by molar-refractivity contribution is 5.94. The largest absolute Gasteiger partial charge is 0.497 e. The smallest absolute Gasteiger partial charge is 0.251 e. The van der Waals surface area contributed by atoms with Crippen LogP contribution in [0.15, 0.2) is 78.9 Å². The summed E-state index contributed by atoms with van der Waals surface area (Å²) in [7, 11) is 1.58. The van der Waals surface area contributed by atoms with E-state index in [1.807, 2.05) is 54.6 Å². The molecule has 3 rings (SSSR count). The van der Waals surface area contributed by atoms with Crippen LogP contribution in [0.4, 0.5) is 0 Å². The molecule has 0 saturated carbocycles. The van der Waals surface area contributed by atoms with Crippen LogP contribution in [0, 0.1) is 5.92 Å². The van der Waals surface area contributed by atoms with Gasteiger partial charge in [0.1, 0.15) is 17.2 Å². The molecule has 0 heterocycles. The monoisotopic (exact) mass is 434 g/mol. The van der Waals surface area contributed by atoms with E-state index in [1.165, 1.54) is 0 Å². The number of hydroxylamine groups is 1. The lowest BCUT2D eigenvalue weighted by Gasteiger charge is -2.16. The van der Waals surface area contributed by atoms with Gasteiger partial charge in [-0.3, -0.25) is 14.8 Å². The maximum atomic E-state index is 12.5. The molecule has 0 fully saturated rings. The van der Waals surface area contributed by atoms with Crippen LogP contribution in [0.25, 0.3) is 0 Å². The Labute approximate surface area is 186 Å². The molecule has 166 valence electrons. The summed E-state index contributed by atoms with van der Waals surface area (Å²) in [6, 6.07) is 23.6. The fourth-order valence-corrected chi connectivity index (χ4v) is 3.26. The summed E-state index contributed by atoms with van der Waals surface area (Å²) in [6.45, 7) is 0.281. The average molecular weight is 434 g/mol. The molecule has 1 atom stereocenters. The number of rotatable bonds is 10. The molecular formula is C25H26N2O5. The number of carbonyl (C=O) groups is 2. The van der Waals surface area contributed by atoms with Gasteiger partial charge >= 0.3 is 0 Å². The summed E-state index contributed by atoms with van der Waals surface area (Å²) in [6.07, 6.45) is 0.773. The van der Waals surface area contributed by atoms with Crippen LogP contribution >= 0.6 is 0 Å². The number of para-hydroxylation sites is 1. The molecule has 0 saturated heterocycles. The highest BCUT2D eigenvalue weighted by Crippen LogP contribution is 2.21. The van der Waals surface area contributed by atoms with Crippen molar-refractivity contribution >= 4 is 11.8 Å². The molecule has 7 heteroatoms.